The van der Waals surface area contributed by atoms with Crippen LogP contribution in [0.2, 0.25) is 0 Å². The summed E-state index contributed by atoms with van der Waals surface area (Å²) in [7, 11) is 0. The quantitative estimate of drug-likeness (QED) is 0.637. The van der Waals surface area contributed by atoms with Gasteiger partial charge in [0.1, 0.15) is 11.6 Å². The van der Waals surface area contributed by atoms with E-state index in [0.29, 0.717) is 0 Å². The molecule has 0 saturated heterocycles. The van der Waals surface area contributed by atoms with E-state index in [4.69, 9.17) is 5.48 Å². The minimum absolute atomic E-state index is 0.323. The lowest BCUT2D eigenvalue weighted by atomic mass is 10.1. The van der Waals surface area contributed by atoms with E-state index in [-0.39, 0.29) is 11.3 Å². The van der Waals surface area contributed by atoms with Crippen molar-refractivity contribution in [1.29, 1.82) is 0 Å². The standard InChI is InChI=1S/C10H9F2N/c11-7-3-4-9(12)8(6-7)10-2-1-5-13-10/h3-4,6H,1-2,5H2/i1D2,2D2. The zero-order valence-electron chi connectivity index (χ0n) is 10.6. The van der Waals surface area contributed by atoms with Crippen molar-refractivity contribution in [3.05, 3.63) is 35.4 Å². The van der Waals surface area contributed by atoms with Crippen molar-refractivity contribution in [3.8, 4) is 0 Å². The van der Waals surface area contributed by atoms with Gasteiger partial charge >= 0.3 is 0 Å². The first kappa shape index (κ1) is 4.84. The minimum Gasteiger partial charge on any atom is -0.289 e. The lowest BCUT2D eigenvalue weighted by molar-refractivity contribution is 0.598. The Bertz CT molecular complexity index is 499. The normalized spacial score (nSPS) is 28.3. The second-order valence-electron chi connectivity index (χ2n) is 2.59. The van der Waals surface area contributed by atoms with Crippen molar-refractivity contribution >= 4 is 5.71 Å². The highest BCUT2D eigenvalue weighted by molar-refractivity contribution is 6.01. The predicted molar refractivity (Wildman–Crippen MR) is 47.0 cm³/mol. The molecule has 1 aromatic rings. The van der Waals surface area contributed by atoms with E-state index in [1.54, 1.807) is 0 Å². The van der Waals surface area contributed by atoms with Crippen molar-refractivity contribution in [2.75, 3.05) is 6.54 Å². The molecule has 13 heavy (non-hydrogen) atoms. The Hall–Kier alpha value is -1.25. The number of hydrogen-bond donors (Lipinski definition) is 0. The van der Waals surface area contributed by atoms with E-state index in [9.17, 15) is 8.78 Å². The fourth-order valence-electron chi connectivity index (χ4n) is 1.11. The van der Waals surface area contributed by atoms with Crippen LogP contribution in [0.3, 0.4) is 0 Å². The summed E-state index contributed by atoms with van der Waals surface area (Å²) in [5.74, 6) is -1.53. The molecule has 1 aromatic carbocycles. The van der Waals surface area contributed by atoms with E-state index in [0.717, 1.165) is 18.2 Å². The van der Waals surface area contributed by atoms with E-state index in [2.05, 4.69) is 4.99 Å². The Morgan fingerprint density at radius 3 is 2.92 bits per heavy atom. The number of rotatable bonds is 1. The molecule has 0 fully saturated rings. The molecule has 0 unspecified atom stereocenters. The smallest absolute Gasteiger partial charge is 0.132 e. The summed E-state index contributed by atoms with van der Waals surface area (Å²) in [6, 6.07) is 2.61. The van der Waals surface area contributed by atoms with Gasteiger partial charge in [-0.2, -0.15) is 0 Å². The van der Waals surface area contributed by atoms with Gasteiger partial charge in [0, 0.05) is 23.3 Å². The van der Waals surface area contributed by atoms with Gasteiger partial charge in [-0.15, -0.1) is 0 Å². The summed E-state index contributed by atoms with van der Waals surface area (Å²) >= 11 is 0. The number of halogens is 2. The molecule has 0 amide bonds. The molecule has 1 aliphatic heterocycles. The van der Waals surface area contributed by atoms with Crippen LogP contribution >= 0.6 is 0 Å². The topological polar surface area (TPSA) is 12.4 Å². The number of hydrogen-bond acceptors (Lipinski definition) is 1. The van der Waals surface area contributed by atoms with Gasteiger partial charge < -0.3 is 0 Å². The highest BCUT2D eigenvalue weighted by atomic mass is 19.1. The SMILES string of the molecule is [2H]C1([2H])CN=C(c2cc(F)ccc2F)C1([2H])[2H]. The maximum absolute atomic E-state index is 13.5. The minimum atomic E-state index is -2.43. The summed E-state index contributed by atoms with van der Waals surface area (Å²) in [5, 5.41) is 0. The molecule has 0 bridgehead atoms. The summed E-state index contributed by atoms with van der Waals surface area (Å²) in [4.78, 5) is 3.67. The van der Waals surface area contributed by atoms with Crippen LogP contribution in [-0.2, 0) is 0 Å². The number of nitrogens with zero attached hydrogens (tertiary/aromatic N) is 1. The average molecular weight is 185 g/mol. The van der Waals surface area contributed by atoms with Gasteiger partial charge in [-0.3, -0.25) is 4.99 Å². The summed E-state index contributed by atoms with van der Waals surface area (Å²) in [5.41, 5.74) is -0.698. The summed E-state index contributed by atoms with van der Waals surface area (Å²) < 4.78 is 56.6. The van der Waals surface area contributed by atoms with Crippen molar-refractivity contribution in [2.45, 2.75) is 12.7 Å². The maximum Gasteiger partial charge on any atom is 0.132 e. The maximum atomic E-state index is 13.5. The van der Waals surface area contributed by atoms with E-state index in [1.165, 1.54) is 0 Å². The third kappa shape index (κ3) is 1.59. The molecule has 0 spiro atoms. The highest BCUT2D eigenvalue weighted by Gasteiger charge is 2.13. The first-order valence-electron chi connectivity index (χ1n) is 5.76. The van der Waals surface area contributed by atoms with Crippen molar-refractivity contribution in [1.82, 2.24) is 0 Å². The predicted octanol–water partition coefficient (Wildman–Crippen LogP) is 2.55. The molecule has 0 aliphatic carbocycles. The van der Waals surface area contributed by atoms with Crippen molar-refractivity contribution in [3.63, 3.8) is 0 Å². The van der Waals surface area contributed by atoms with Crippen molar-refractivity contribution < 1.29 is 14.3 Å². The number of aliphatic imine (C=N–C) groups is 1. The van der Waals surface area contributed by atoms with Crippen LogP contribution in [0.1, 0.15) is 23.8 Å². The molecule has 0 radical (unpaired) electrons. The van der Waals surface area contributed by atoms with Crippen LogP contribution in [0.15, 0.2) is 23.2 Å². The monoisotopic (exact) mass is 185 g/mol. The van der Waals surface area contributed by atoms with Gasteiger partial charge in [0.25, 0.3) is 0 Å². The molecule has 0 atom stereocenters. The fraction of sp³-hybridized carbons (Fsp3) is 0.300. The first-order valence-corrected chi connectivity index (χ1v) is 3.76. The lowest BCUT2D eigenvalue weighted by Crippen LogP contribution is -2.00. The summed E-state index contributed by atoms with van der Waals surface area (Å²) in [6.07, 6.45) is -4.64. The average Bonchev–Trinajstić information content (AvgIpc) is 2.42. The van der Waals surface area contributed by atoms with Crippen LogP contribution in [0.4, 0.5) is 8.78 Å². The Morgan fingerprint density at radius 2 is 2.23 bits per heavy atom. The third-order valence-electron chi connectivity index (χ3n) is 1.71. The molecule has 68 valence electrons. The van der Waals surface area contributed by atoms with E-state index in [1.807, 2.05) is 0 Å². The largest absolute Gasteiger partial charge is 0.289 e. The van der Waals surface area contributed by atoms with Crippen LogP contribution in [0.5, 0.6) is 0 Å². The summed E-state index contributed by atoms with van der Waals surface area (Å²) in [6.45, 7) is -0.398. The molecule has 1 aliphatic rings. The number of benzene rings is 1. The Balaban J connectivity index is 2.53. The van der Waals surface area contributed by atoms with Gasteiger partial charge in [0.05, 0.1) is 0 Å². The van der Waals surface area contributed by atoms with Crippen LogP contribution in [-0.4, -0.2) is 12.3 Å². The molecule has 3 heteroatoms. The Labute approximate surface area is 80.7 Å². The fourth-order valence-corrected chi connectivity index (χ4v) is 1.11. The van der Waals surface area contributed by atoms with E-state index < -0.39 is 30.9 Å². The van der Waals surface area contributed by atoms with Gasteiger partial charge in [-0.25, -0.2) is 8.78 Å². The van der Waals surface area contributed by atoms with Crippen LogP contribution in [0.25, 0.3) is 0 Å². The van der Waals surface area contributed by atoms with Crippen LogP contribution in [0, 0.1) is 11.6 Å². The zero-order valence-corrected chi connectivity index (χ0v) is 6.64. The van der Waals surface area contributed by atoms with Gasteiger partial charge in [0.15, 0.2) is 0 Å². The van der Waals surface area contributed by atoms with Crippen molar-refractivity contribution in [2.24, 2.45) is 4.99 Å². The van der Waals surface area contributed by atoms with Gasteiger partial charge in [0.2, 0.25) is 0 Å². The molecule has 0 aromatic heterocycles. The Morgan fingerprint density at radius 1 is 1.38 bits per heavy atom. The molecule has 1 nitrogen and oxygen atoms in total. The second-order valence-corrected chi connectivity index (χ2v) is 2.59. The molecular formula is C10H9F2N. The first-order chi connectivity index (χ1) is 7.75. The van der Waals surface area contributed by atoms with Crippen LogP contribution < -0.4 is 0 Å². The molecule has 0 N–H and O–H groups in total. The molecule has 0 saturated carbocycles. The zero-order chi connectivity index (χ0) is 12.8. The van der Waals surface area contributed by atoms with Gasteiger partial charge in [-0.1, -0.05) is 0 Å². The van der Waals surface area contributed by atoms with E-state index >= 15 is 0 Å². The highest BCUT2D eigenvalue weighted by Crippen LogP contribution is 2.17. The Kier molecular flexibility index (Phi) is 1.21. The molecule has 2 rings (SSSR count). The lowest BCUT2D eigenvalue weighted by Gasteiger charge is -2.01. The third-order valence-corrected chi connectivity index (χ3v) is 1.71. The molecular weight excluding hydrogens is 172 g/mol. The molecule has 1 heterocycles. The van der Waals surface area contributed by atoms with Gasteiger partial charge in [-0.05, 0) is 30.9 Å². The second kappa shape index (κ2) is 3.24.